The average Bonchev–Trinajstić information content (AvgIpc) is 2.62. The topological polar surface area (TPSA) is 132 Å². The highest BCUT2D eigenvalue weighted by Crippen LogP contribution is 2.25. The zero-order chi connectivity index (χ0) is 17.5. The number of carbonyl (C=O) groups is 1. The van der Waals surface area contributed by atoms with Gasteiger partial charge in [-0.1, -0.05) is 30.3 Å². The molecule has 1 N–H and O–H groups in total. The summed E-state index contributed by atoms with van der Waals surface area (Å²) in [5.41, 5.74) is 2.23. The second-order valence-corrected chi connectivity index (χ2v) is 4.48. The third-order valence-electron chi connectivity index (χ3n) is 2.99. The molecular formula is C16H9N5O3. The first kappa shape index (κ1) is 16.3. The molecular weight excluding hydrogens is 310 g/mol. The molecule has 0 aromatic heterocycles. The average molecular weight is 319 g/mol. The van der Waals surface area contributed by atoms with Crippen molar-refractivity contribution in [2.75, 3.05) is 5.43 Å². The fourth-order valence-corrected chi connectivity index (χ4v) is 1.87. The molecule has 0 spiro atoms. The molecule has 0 aliphatic heterocycles. The monoisotopic (exact) mass is 319 g/mol. The highest BCUT2D eigenvalue weighted by atomic mass is 16.6. The van der Waals surface area contributed by atoms with Gasteiger partial charge in [0.15, 0.2) is 5.78 Å². The molecule has 0 saturated carbocycles. The zero-order valence-corrected chi connectivity index (χ0v) is 12.1. The maximum atomic E-state index is 12.6. The Morgan fingerprint density at radius 3 is 2.38 bits per heavy atom. The Labute approximate surface area is 136 Å². The van der Waals surface area contributed by atoms with Gasteiger partial charge in [0.2, 0.25) is 5.71 Å². The number of carbonyl (C=O) groups excluding carboxylic acids is 1. The van der Waals surface area contributed by atoms with Crippen molar-refractivity contribution in [1.29, 1.82) is 10.5 Å². The van der Waals surface area contributed by atoms with E-state index in [2.05, 4.69) is 10.5 Å². The minimum atomic E-state index is -0.620. The molecule has 0 aliphatic rings. The Kier molecular flexibility index (Phi) is 4.96. The van der Waals surface area contributed by atoms with Crippen molar-refractivity contribution in [2.24, 2.45) is 5.10 Å². The van der Waals surface area contributed by atoms with Gasteiger partial charge in [-0.3, -0.25) is 20.3 Å². The normalized spacial score (nSPS) is 9.25. The molecule has 24 heavy (non-hydrogen) atoms. The molecule has 0 heterocycles. The first-order chi connectivity index (χ1) is 11.6. The minimum Gasteiger partial charge on any atom is -0.289 e. The van der Waals surface area contributed by atoms with Crippen LogP contribution in [0.2, 0.25) is 0 Å². The summed E-state index contributed by atoms with van der Waals surface area (Å²) in [5.74, 6) is -0.451. The van der Waals surface area contributed by atoms with Gasteiger partial charge in [0.1, 0.15) is 12.1 Å². The van der Waals surface area contributed by atoms with E-state index in [0.29, 0.717) is 5.56 Å². The van der Waals surface area contributed by atoms with Gasteiger partial charge in [0.25, 0.3) is 5.69 Å². The Bertz CT molecular complexity index is 892. The lowest BCUT2D eigenvalue weighted by molar-refractivity contribution is -0.384. The van der Waals surface area contributed by atoms with Gasteiger partial charge in [0, 0.05) is 17.7 Å². The van der Waals surface area contributed by atoms with E-state index in [1.165, 1.54) is 12.1 Å². The lowest BCUT2D eigenvalue weighted by Gasteiger charge is -2.08. The largest absolute Gasteiger partial charge is 0.289 e. The molecule has 0 saturated heterocycles. The zero-order valence-electron chi connectivity index (χ0n) is 12.1. The van der Waals surface area contributed by atoms with E-state index in [1.807, 2.05) is 0 Å². The molecule has 0 amide bonds. The summed E-state index contributed by atoms with van der Waals surface area (Å²) < 4.78 is 0. The van der Waals surface area contributed by atoms with E-state index in [-0.39, 0.29) is 16.9 Å². The maximum absolute atomic E-state index is 12.6. The van der Waals surface area contributed by atoms with E-state index in [9.17, 15) is 14.9 Å². The molecule has 0 aliphatic carbocycles. The maximum Gasteiger partial charge on any atom is 0.270 e. The van der Waals surface area contributed by atoms with Gasteiger partial charge in [0.05, 0.1) is 16.2 Å². The quantitative estimate of drug-likeness (QED) is 0.390. The molecule has 0 radical (unpaired) electrons. The molecule has 8 nitrogen and oxygen atoms in total. The highest BCUT2D eigenvalue weighted by molar-refractivity contribution is 6.13. The number of nitrogens with one attached hydrogen (secondary N) is 1. The number of nitrogens with zero attached hydrogens (tertiary/aromatic N) is 4. The molecule has 8 heteroatoms. The summed E-state index contributed by atoms with van der Waals surface area (Å²) >= 11 is 0. The Morgan fingerprint density at radius 1 is 1.12 bits per heavy atom. The third-order valence-corrected chi connectivity index (χ3v) is 2.99. The van der Waals surface area contributed by atoms with Gasteiger partial charge in [-0.05, 0) is 6.07 Å². The van der Waals surface area contributed by atoms with Gasteiger partial charge < -0.3 is 0 Å². The molecule has 2 aromatic rings. The number of nitriles is 2. The fourth-order valence-electron chi connectivity index (χ4n) is 1.87. The molecule has 0 bridgehead atoms. The molecule has 0 unspecified atom stereocenters. The Balaban J connectivity index is 2.50. The lowest BCUT2D eigenvalue weighted by Crippen LogP contribution is -2.07. The van der Waals surface area contributed by atoms with Crippen molar-refractivity contribution in [2.45, 2.75) is 0 Å². The summed E-state index contributed by atoms with van der Waals surface area (Å²) in [6.45, 7) is 0. The first-order valence-corrected chi connectivity index (χ1v) is 6.59. The van der Waals surface area contributed by atoms with Crippen LogP contribution in [0.1, 0.15) is 15.9 Å². The summed E-state index contributed by atoms with van der Waals surface area (Å²) in [5, 5.41) is 31.9. The number of hydrogen-bond acceptors (Lipinski definition) is 7. The van der Waals surface area contributed by atoms with E-state index < -0.39 is 16.4 Å². The number of non-ortho nitro benzene ring substituents is 1. The van der Waals surface area contributed by atoms with Gasteiger partial charge in [-0.15, -0.1) is 0 Å². The van der Waals surface area contributed by atoms with Crippen LogP contribution in [0, 0.1) is 32.8 Å². The van der Waals surface area contributed by atoms with Crippen molar-refractivity contribution in [3.05, 3.63) is 69.8 Å². The van der Waals surface area contributed by atoms with Crippen molar-refractivity contribution in [1.82, 2.24) is 0 Å². The second kappa shape index (κ2) is 7.29. The standard InChI is InChI=1S/C16H9N5O3/c17-9-12(10-18)19-20-15-7-6-13(21(23)24)8-14(15)16(22)11-4-2-1-3-5-11/h1-8,20H. The number of benzene rings is 2. The van der Waals surface area contributed by atoms with Crippen LogP contribution in [-0.2, 0) is 0 Å². The fraction of sp³-hybridized carbons (Fsp3) is 0. The van der Waals surface area contributed by atoms with Crippen molar-refractivity contribution in [3.63, 3.8) is 0 Å². The van der Waals surface area contributed by atoms with Crippen LogP contribution in [0.15, 0.2) is 53.6 Å². The van der Waals surface area contributed by atoms with Crippen LogP contribution >= 0.6 is 0 Å². The minimum absolute atomic E-state index is 0.00868. The van der Waals surface area contributed by atoms with E-state index >= 15 is 0 Å². The molecule has 116 valence electrons. The number of nitro groups is 1. The second-order valence-electron chi connectivity index (χ2n) is 4.48. The third kappa shape index (κ3) is 3.59. The number of nitro benzene ring substituents is 1. The molecule has 2 aromatic carbocycles. The van der Waals surface area contributed by atoms with Crippen LogP contribution in [0.4, 0.5) is 11.4 Å². The van der Waals surface area contributed by atoms with Crippen molar-refractivity contribution >= 4 is 22.9 Å². The number of hydrogen-bond donors (Lipinski definition) is 1. The van der Waals surface area contributed by atoms with Crippen LogP contribution in [0.5, 0.6) is 0 Å². The van der Waals surface area contributed by atoms with E-state index in [0.717, 1.165) is 6.07 Å². The number of ketones is 1. The smallest absolute Gasteiger partial charge is 0.270 e. The van der Waals surface area contributed by atoms with E-state index in [4.69, 9.17) is 10.5 Å². The predicted octanol–water partition coefficient (Wildman–Crippen LogP) is 2.64. The highest BCUT2D eigenvalue weighted by Gasteiger charge is 2.18. The summed E-state index contributed by atoms with van der Waals surface area (Å²) in [6.07, 6.45) is 0. The van der Waals surface area contributed by atoms with Crippen LogP contribution < -0.4 is 5.43 Å². The summed E-state index contributed by atoms with van der Waals surface area (Å²) in [7, 11) is 0. The van der Waals surface area contributed by atoms with Gasteiger partial charge >= 0.3 is 0 Å². The number of anilines is 1. The predicted molar refractivity (Wildman–Crippen MR) is 85.3 cm³/mol. The molecule has 2 rings (SSSR count). The summed E-state index contributed by atoms with van der Waals surface area (Å²) in [6, 6.07) is 15.0. The van der Waals surface area contributed by atoms with E-state index in [1.54, 1.807) is 42.5 Å². The Morgan fingerprint density at radius 2 is 1.79 bits per heavy atom. The van der Waals surface area contributed by atoms with Crippen LogP contribution in [0.25, 0.3) is 0 Å². The van der Waals surface area contributed by atoms with Gasteiger partial charge in [-0.25, -0.2) is 0 Å². The van der Waals surface area contributed by atoms with Crippen LogP contribution in [-0.4, -0.2) is 16.4 Å². The van der Waals surface area contributed by atoms with Crippen LogP contribution in [0.3, 0.4) is 0 Å². The number of rotatable bonds is 5. The van der Waals surface area contributed by atoms with Crippen molar-refractivity contribution in [3.8, 4) is 12.1 Å². The van der Waals surface area contributed by atoms with Gasteiger partial charge in [-0.2, -0.15) is 15.6 Å². The number of hydrazone groups is 1. The molecule has 0 fully saturated rings. The Hall–Kier alpha value is -4.04. The lowest BCUT2D eigenvalue weighted by atomic mass is 10.0. The summed E-state index contributed by atoms with van der Waals surface area (Å²) in [4.78, 5) is 22.9. The van der Waals surface area contributed by atoms with Crippen molar-refractivity contribution < 1.29 is 9.72 Å². The SMILES string of the molecule is N#CC(C#N)=NNc1ccc([N+](=O)[O-])cc1C(=O)c1ccccc1. The molecule has 0 atom stereocenters. The first-order valence-electron chi connectivity index (χ1n) is 6.59.